The van der Waals surface area contributed by atoms with Crippen LogP contribution in [0.1, 0.15) is 17.4 Å². The minimum absolute atomic E-state index is 0.00985. The van der Waals surface area contributed by atoms with Crippen molar-refractivity contribution >= 4 is 23.4 Å². The molecule has 0 spiro atoms. The van der Waals surface area contributed by atoms with Gasteiger partial charge in [-0.1, -0.05) is 0 Å². The SMILES string of the molecule is CC(=O)N1CCN(C(=O)c2cccn2CC(=O)Nc2ccc3c(c2)OCO3)CC1. The maximum absolute atomic E-state index is 12.9. The third kappa shape index (κ3) is 4.03. The summed E-state index contributed by atoms with van der Waals surface area (Å²) in [6, 6.07) is 8.63. The van der Waals surface area contributed by atoms with E-state index in [1.807, 2.05) is 0 Å². The summed E-state index contributed by atoms with van der Waals surface area (Å²) in [7, 11) is 0. The van der Waals surface area contributed by atoms with Gasteiger partial charge in [-0.2, -0.15) is 0 Å². The molecule has 0 atom stereocenters. The van der Waals surface area contributed by atoms with E-state index in [1.165, 1.54) is 6.92 Å². The second-order valence-electron chi connectivity index (χ2n) is 6.94. The van der Waals surface area contributed by atoms with Crippen LogP contribution in [0.5, 0.6) is 11.5 Å². The normalized spacial score (nSPS) is 15.3. The maximum atomic E-state index is 12.9. The number of piperazine rings is 1. The molecule has 9 nitrogen and oxygen atoms in total. The van der Waals surface area contributed by atoms with Crippen molar-refractivity contribution in [3.05, 3.63) is 42.2 Å². The van der Waals surface area contributed by atoms with Gasteiger partial charge in [0, 0.05) is 51.1 Å². The maximum Gasteiger partial charge on any atom is 0.270 e. The van der Waals surface area contributed by atoms with Crippen LogP contribution >= 0.6 is 0 Å². The lowest BCUT2D eigenvalue weighted by Gasteiger charge is -2.34. The number of hydrogen-bond acceptors (Lipinski definition) is 5. The van der Waals surface area contributed by atoms with Gasteiger partial charge in [-0.15, -0.1) is 0 Å². The summed E-state index contributed by atoms with van der Waals surface area (Å²) in [5, 5.41) is 2.81. The van der Waals surface area contributed by atoms with E-state index in [0.29, 0.717) is 49.1 Å². The number of rotatable bonds is 4. The number of anilines is 1. The van der Waals surface area contributed by atoms with E-state index >= 15 is 0 Å². The molecule has 2 aliphatic heterocycles. The zero-order valence-corrected chi connectivity index (χ0v) is 16.1. The van der Waals surface area contributed by atoms with Crippen molar-refractivity contribution in [3.8, 4) is 11.5 Å². The molecule has 4 rings (SSSR count). The first-order chi connectivity index (χ1) is 14.0. The summed E-state index contributed by atoms with van der Waals surface area (Å²) in [6.07, 6.45) is 1.71. The smallest absolute Gasteiger partial charge is 0.270 e. The second-order valence-corrected chi connectivity index (χ2v) is 6.94. The van der Waals surface area contributed by atoms with E-state index in [9.17, 15) is 14.4 Å². The average Bonchev–Trinajstić information content (AvgIpc) is 3.36. The van der Waals surface area contributed by atoms with Crippen LogP contribution in [0.25, 0.3) is 0 Å². The van der Waals surface area contributed by atoms with Crippen LogP contribution in [0, 0.1) is 0 Å². The molecule has 3 heterocycles. The fraction of sp³-hybridized carbons (Fsp3) is 0.350. The minimum atomic E-state index is -0.254. The number of amides is 3. The third-order valence-electron chi connectivity index (χ3n) is 5.03. The Kier molecular flexibility index (Phi) is 5.11. The van der Waals surface area contributed by atoms with Gasteiger partial charge < -0.3 is 29.2 Å². The molecule has 0 saturated carbocycles. The highest BCUT2D eigenvalue weighted by molar-refractivity contribution is 5.95. The Bertz CT molecular complexity index is 946. The molecule has 0 bridgehead atoms. The predicted molar refractivity (Wildman–Crippen MR) is 104 cm³/mol. The lowest BCUT2D eigenvalue weighted by Crippen LogP contribution is -2.50. The molecule has 2 aliphatic rings. The van der Waals surface area contributed by atoms with Gasteiger partial charge in [-0.05, 0) is 24.3 Å². The van der Waals surface area contributed by atoms with Crippen LogP contribution in [0.3, 0.4) is 0 Å². The van der Waals surface area contributed by atoms with Gasteiger partial charge in [-0.25, -0.2) is 0 Å². The molecular formula is C20H22N4O5. The predicted octanol–water partition coefficient (Wildman–Crippen LogP) is 1.16. The molecular weight excluding hydrogens is 376 g/mol. The van der Waals surface area contributed by atoms with Crippen LogP contribution in [-0.4, -0.2) is 65.1 Å². The number of carbonyl (C=O) groups is 3. The van der Waals surface area contributed by atoms with Crippen LogP contribution in [-0.2, 0) is 16.1 Å². The van der Waals surface area contributed by atoms with Crippen molar-refractivity contribution in [2.75, 3.05) is 38.3 Å². The Hall–Kier alpha value is -3.49. The van der Waals surface area contributed by atoms with Gasteiger partial charge >= 0.3 is 0 Å². The Morgan fingerprint density at radius 2 is 1.72 bits per heavy atom. The number of ether oxygens (including phenoxy) is 2. The minimum Gasteiger partial charge on any atom is -0.454 e. The van der Waals surface area contributed by atoms with Gasteiger partial charge in [0.25, 0.3) is 5.91 Å². The number of fused-ring (bicyclic) bond motifs is 1. The second kappa shape index (κ2) is 7.86. The fourth-order valence-corrected chi connectivity index (χ4v) is 3.46. The van der Waals surface area contributed by atoms with Crippen molar-refractivity contribution in [2.24, 2.45) is 0 Å². The van der Waals surface area contributed by atoms with E-state index in [2.05, 4.69) is 5.32 Å². The molecule has 1 fully saturated rings. The number of hydrogen-bond donors (Lipinski definition) is 1. The molecule has 29 heavy (non-hydrogen) atoms. The third-order valence-corrected chi connectivity index (χ3v) is 5.03. The Morgan fingerprint density at radius 1 is 1.00 bits per heavy atom. The van der Waals surface area contributed by atoms with Crippen molar-refractivity contribution in [2.45, 2.75) is 13.5 Å². The Morgan fingerprint density at radius 3 is 2.48 bits per heavy atom. The first-order valence-corrected chi connectivity index (χ1v) is 9.41. The summed E-state index contributed by atoms with van der Waals surface area (Å²) >= 11 is 0. The summed E-state index contributed by atoms with van der Waals surface area (Å²) in [5.74, 6) is 0.848. The number of carbonyl (C=O) groups excluding carboxylic acids is 3. The highest BCUT2D eigenvalue weighted by atomic mass is 16.7. The summed E-state index contributed by atoms with van der Waals surface area (Å²) in [5.41, 5.74) is 1.04. The van der Waals surface area contributed by atoms with Gasteiger partial charge in [0.1, 0.15) is 12.2 Å². The highest BCUT2D eigenvalue weighted by Crippen LogP contribution is 2.34. The average molecular weight is 398 g/mol. The van der Waals surface area contributed by atoms with Gasteiger partial charge in [0.15, 0.2) is 11.5 Å². The summed E-state index contributed by atoms with van der Waals surface area (Å²) < 4.78 is 12.2. The van der Waals surface area contributed by atoms with Crippen LogP contribution in [0.15, 0.2) is 36.5 Å². The standard InChI is InChI=1S/C20H22N4O5/c1-14(25)22-7-9-23(10-8-22)20(27)16-3-2-6-24(16)12-19(26)21-15-4-5-17-18(11-15)29-13-28-17/h2-6,11H,7-10,12-13H2,1H3,(H,21,26). The van der Waals surface area contributed by atoms with Crippen LogP contribution in [0.2, 0.25) is 0 Å². The molecule has 9 heteroatoms. The molecule has 1 N–H and O–H groups in total. The van der Waals surface area contributed by atoms with Crippen LogP contribution in [0.4, 0.5) is 5.69 Å². The molecule has 152 valence electrons. The van der Waals surface area contributed by atoms with Crippen LogP contribution < -0.4 is 14.8 Å². The molecule has 3 amide bonds. The van der Waals surface area contributed by atoms with Gasteiger partial charge in [0.05, 0.1) is 0 Å². The number of aromatic nitrogens is 1. The zero-order valence-electron chi connectivity index (χ0n) is 16.1. The first-order valence-electron chi connectivity index (χ1n) is 9.41. The molecule has 0 aliphatic carbocycles. The molecule has 0 radical (unpaired) electrons. The fourth-order valence-electron chi connectivity index (χ4n) is 3.46. The molecule has 1 aromatic carbocycles. The Balaban J connectivity index is 1.38. The van der Waals surface area contributed by atoms with Crippen molar-refractivity contribution in [3.63, 3.8) is 0 Å². The van der Waals surface area contributed by atoms with E-state index in [4.69, 9.17) is 9.47 Å². The van der Waals surface area contributed by atoms with E-state index in [-0.39, 0.29) is 31.1 Å². The molecule has 0 unspecified atom stereocenters. The summed E-state index contributed by atoms with van der Waals surface area (Å²) in [6.45, 7) is 3.71. The zero-order chi connectivity index (χ0) is 20.4. The topological polar surface area (TPSA) is 93.1 Å². The van der Waals surface area contributed by atoms with E-state index < -0.39 is 0 Å². The number of nitrogens with zero attached hydrogens (tertiary/aromatic N) is 3. The van der Waals surface area contributed by atoms with E-state index in [1.54, 1.807) is 50.9 Å². The molecule has 1 saturated heterocycles. The van der Waals surface area contributed by atoms with E-state index in [0.717, 1.165) is 0 Å². The number of benzene rings is 1. The largest absolute Gasteiger partial charge is 0.454 e. The monoisotopic (exact) mass is 398 g/mol. The Labute approximate surface area is 167 Å². The lowest BCUT2D eigenvalue weighted by atomic mass is 10.2. The molecule has 1 aromatic heterocycles. The van der Waals surface area contributed by atoms with Crippen molar-refractivity contribution in [1.82, 2.24) is 14.4 Å². The lowest BCUT2D eigenvalue weighted by molar-refractivity contribution is -0.130. The van der Waals surface area contributed by atoms with Gasteiger partial charge in [-0.3, -0.25) is 14.4 Å². The van der Waals surface area contributed by atoms with Gasteiger partial charge in [0.2, 0.25) is 18.6 Å². The highest BCUT2D eigenvalue weighted by Gasteiger charge is 2.25. The number of nitrogens with one attached hydrogen (secondary N) is 1. The summed E-state index contributed by atoms with van der Waals surface area (Å²) in [4.78, 5) is 40.2. The van der Waals surface area contributed by atoms with Crippen molar-refractivity contribution in [1.29, 1.82) is 0 Å². The first kappa shape index (κ1) is 18.9. The molecule has 2 aromatic rings. The van der Waals surface area contributed by atoms with Crippen molar-refractivity contribution < 1.29 is 23.9 Å². The quantitative estimate of drug-likeness (QED) is 0.834.